The normalized spacial score (nSPS) is 21.5. The molecule has 0 spiro atoms. The van der Waals surface area contributed by atoms with Gasteiger partial charge in [-0.1, -0.05) is 24.3 Å². The highest BCUT2D eigenvalue weighted by Crippen LogP contribution is 2.15. The smallest absolute Gasteiger partial charge is 0.0858 e. The van der Waals surface area contributed by atoms with Gasteiger partial charge >= 0.3 is 0 Å². The van der Waals surface area contributed by atoms with Crippen LogP contribution in [0.4, 0.5) is 0 Å². The Labute approximate surface area is 126 Å². The highest BCUT2D eigenvalue weighted by atomic mass is 16.5. The standard InChI is InChI=1S/C17H23N3O/c1-18-16(17-12-20(2)9-10-21-17)11-14-8-7-13-5-3-4-6-15(13)19-14/h3-8,16-18H,9-12H2,1-2H3. The first-order valence-electron chi connectivity index (χ1n) is 7.58. The van der Waals surface area contributed by atoms with Gasteiger partial charge in [-0.05, 0) is 26.2 Å². The van der Waals surface area contributed by atoms with E-state index < -0.39 is 0 Å². The van der Waals surface area contributed by atoms with Crippen LogP contribution >= 0.6 is 0 Å². The summed E-state index contributed by atoms with van der Waals surface area (Å²) < 4.78 is 5.93. The Hall–Kier alpha value is -1.49. The van der Waals surface area contributed by atoms with Crippen molar-refractivity contribution in [3.8, 4) is 0 Å². The molecular weight excluding hydrogens is 262 g/mol. The van der Waals surface area contributed by atoms with Gasteiger partial charge in [-0.15, -0.1) is 0 Å². The van der Waals surface area contributed by atoms with Gasteiger partial charge in [-0.2, -0.15) is 0 Å². The van der Waals surface area contributed by atoms with E-state index in [0.29, 0.717) is 6.04 Å². The molecule has 0 saturated carbocycles. The van der Waals surface area contributed by atoms with E-state index in [0.717, 1.165) is 37.3 Å². The number of aromatic nitrogens is 1. The van der Waals surface area contributed by atoms with Crippen LogP contribution in [0.2, 0.25) is 0 Å². The maximum atomic E-state index is 5.93. The number of ether oxygens (including phenoxy) is 1. The molecule has 1 N–H and O–H groups in total. The Morgan fingerprint density at radius 3 is 3.00 bits per heavy atom. The molecule has 3 rings (SSSR count). The average molecular weight is 285 g/mol. The monoisotopic (exact) mass is 285 g/mol. The highest BCUT2D eigenvalue weighted by molar-refractivity contribution is 5.78. The van der Waals surface area contributed by atoms with Crippen molar-refractivity contribution in [3.63, 3.8) is 0 Å². The first-order chi connectivity index (χ1) is 10.3. The van der Waals surface area contributed by atoms with Crippen LogP contribution in [0.15, 0.2) is 36.4 Å². The van der Waals surface area contributed by atoms with Crippen LogP contribution in [0, 0.1) is 0 Å². The van der Waals surface area contributed by atoms with Crippen LogP contribution in [0.1, 0.15) is 5.69 Å². The van der Waals surface area contributed by atoms with Crippen LogP contribution in [0.3, 0.4) is 0 Å². The van der Waals surface area contributed by atoms with Crippen LogP contribution in [0.25, 0.3) is 10.9 Å². The molecule has 1 saturated heterocycles. The van der Waals surface area contributed by atoms with Crippen molar-refractivity contribution in [2.75, 3.05) is 33.8 Å². The Kier molecular flexibility index (Phi) is 4.48. The second-order valence-electron chi connectivity index (χ2n) is 5.77. The summed E-state index contributed by atoms with van der Waals surface area (Å²) in [7, 11) is 4.15. The van der Waals surface area contributed by atoms with E-state index in [1.165, 1.54) is 5.39 Å². The second kappa shape index (κ2) is 6.52. The predicted molar refractivity (Wildman–Crippen MR) is 85.5 cm³/mol. The number of rotatable bonds is 4. The van der Waals surface area contributed by atoms with Gasteiger partial charge in [0.15, 0.2) is 0 Å². The lowest BCUT2D eigenvalue weighted by atomic mass is 10.0. The number of likely N-dealkylation sites (N-methyl/N-ethyl adjacent to an activating group) is 2. The number of fused-ring (bicyclic) bond motifs is 1. The van der Waals surface area contributed by atoms with Crippen molar-refractivity contribution in [2.24, 2.45) is 0 Å². The van der Waals surface area contributed by atoms with Gasteiger partial charge < -0.3 is 15.0 Å². The van der Waals surface area contributed by atoms with Crippen LogP contribution in [-0.2, 0) is 11.2 Å². The Morgan fingerprint density at radius 1 is 1.33 bits per heavy atom. The van der Waals surface area contributed by atoms with Gasteiger partial charge in [0.2, 0.25) is 0 Å². The molecule has 1 aromatic heterocycles. The molecule has 4 nitrogen and oxygen atoms in total. The van der Waals surface area contributed by atoms with E-state index in [2.05, 4.69) is 41.5 Å². The van der Waals surface area contributed by atoms with Crippen LogP contribution in [-0.4, -0.2) is 55.8 Å². The van der Waals surface area contributed by atoms with Crippen molar-refractivity contribution in [1.29, 1.82) is 0 Å². The first kappa shape index (κ1) is 14.4. The number of morpholine rings is 1. The van der Waals surface area contributed by atoms with Crippen molar-refractivity contribution >= 4 is 10.9 Å². The Balaban J connectivity index is 1.75. The van der Waals surface area contributed by atoms with Gasteiger partial charge in [0, 0.05) is 36.6 Å². The fourth-order valence-electron chi connectivity index (χ4n) is 2.92. The third-order valence-electron chi connectivity index (χ3n) is 4.20. The second-order valence-corrected chi connectivity index (χ2v) is 5.77. The van der Waals surface area contributed by atoms with Crippen LogP contribution in [0.5, 0.6) is 0 Å². The molecule has 2 heterocycles. The van der Waals surface area contributed by atoms with Crippen molar-refractivity contribution in [2.45, 2.75) is 18.6 Å². The van der Waals surface area contributed by atoms with Crippen LogP contribution < -0.4 is 5.32 Å². The lowest BCUT2D eigenvalue weighted by Crippen LogP contribution is -2.51. The largest absolute Gasteiger partial charge is 0.374 e. The van der Waals surface area contributed by atoms with Gasteiger partial charge in [0.05, 0.1) is 18.2 Å². The minimum atomic E-state index is 0.224. The number of nitrogens with one attached hydrogen (secondary N) is 1. The zero-order chi connectivity index (χ0) is 14.7. The fourth-order valence-corrected chi connectivity index (χ4v) is 2.92. The molecule has 1 aliphatic heterocycles. The molecule has 2 atom stereocenters. The van der Waals surface area contributed by atoms with Crippen molar-refractivity contribution in [3.05, 3.63) is 42.1 Å². The van der Waals surface area contributed by atoms with E-state index in [-0.39, 0.29) is 6.10 Å². The highest BCUT2D eigenvalue weighted by Gasteiger charge is 2.26. The summed E-state index contributed by atoms with van der Waals surface area (Å²) in [6.07, 6.45) is 1.11. The molecule has 1 aliphatic rings. The van der Waals surface area contributed by atoms with E-state index >= 15 is 0 Å². The van der Waals surface area contributed by atoms with Crippen molar-refractivity contribution in [1.82, 2.24) is 15.2 Å². The van der Waals surface area contributed by atoms with Gasteiger partial charge in [-0.3, -0.25) is 4.98 Å². The number of pyridine rings is 1. The number of benzene rings is 1. The molecular formula is C17H23N3O. The maximum Gasteiger partial charge on any atom is 0.0858 e. The molecule has 0 aliphatic carbocycles. The number of nitrogens with zero attached hydrogens (tertiary/aromatic N) is 2. The molecule has 112 valence electrons. The molecule has 1 aromatic carbocycles. The van der Waals surface area contributed by atoms with E-state index in [1.807, 2.05) is 19.2 Å². The molecule has 1 fully saturated rings. The lowest BCUT2D eigenvalue weighted by molar-refractivity contribution is -0.0373. The number of para-hydroxylation sites is 1. The zero-order valence-corrected chi connectivity index (χ0v) is 12.7. The number of hydrogen-bond acceptors (Lipinski definition) is 4. The molecule has 2 aromatic rings. The summed E-state index contributed by atoms with van der Waals surface area (Å²) in [6, 6.07) is 12.8. The average Bonchev–Trinajstić information content (AvgIpc) is 2.52. The third-order valence-corrected chi connectivity index (χ3v) is 4.20. The van der Waals surface area contributed by atoms with Crippen molar-refractivity contribution < 1.29 is 4.74 Å². The first-order valence-corrected chi connectivity index (χ1v) is 7.58. The fraction of sp³-hybridized carbons (Fsp3) is 0.471. The molecule has 0 radical (unpaired) electrons. The molecule has 0 bridgehead atoms. The molecule has 2 unspecified atom stereocenters. The third kappa shape index (κ3) is 3.40. The van der Waals surface area contributed by atoms with Gasteiger partial charge in [-0.25, -0.2) is 0 Å². The molecule has 0 amide bonds. The predicted octanol–water partition coefficient (Wildman–Crippen LogP) is 1.70. The number of hydrogen-bond donors (Lipinski definition) is 1. The quantitative estimate of drug-likeness (QED) is 0.928. The minimum absolute atomic E-state index is 0.224. The minimum Gasteiger partial charge on any atom is -0.374 e. The molecule has 21 heavy (non-hydrogen) atoms. The lowest BCUT2D eigenvalue weighted by Gasteiger charge is -2.35. The van der Waals surface area contributed by atoms with E-state index in [4.69, 9.17) is 9.72 Å². The van der Waals surface area contributed by atoms with E-state index in [9.17, 15) is 0 Å². The summed E-state index contributed by atoms with van der Waals surface area (Å²) >= 11 is 0. The summed E-state index contributed by atoms with van der Waals surface area (Å²) in [6.45, 7) is 2.80. The maximum absolute atomic E-state index is 5.93. The topological polar surface area (TPSA) is 37.4 Å². The Morgan fingerprint density at radius 2 is 2.19 bits per heavy atom. The Bertz CT molecular complexity index is 601. The van der Waals surface area contributed by atoms with E-state index in [1.54, 1.807) is 0 Å². The van der Waals surface area contributed by atoms with Gasteiger partial charge in [0.25, 0.3) is 0 Å². The SMILES string of the molecule is CNC(Cc1ccc2ccccc2n1)C1CN(C)CCO1. The molecule has 4 heteroatoms. The van der Waals surface area contributed by atoms with Gasteiger partial charge in [0.1, 0.15) is 0 Å². The summed E-state index contributed by atoms with van der Waals surface area (Å²) in [5, 5.41) is 4.59. The summed E-state index contributed by atoms with van der Waals surface area (Å²) in [4.78, 5) is 7.09. The summed E-state index contributed by atoms with van der Waals surface area (Å²) in [5.41, 5.74) is 2.18. The summed E-state index contributed by atoms with van der Waals surface area (Å²) in [5.74, 6) is 0. The zero-order valence-electron chi connectivity index (χ0n) is 12.7.